The molecule has 0 spiro atoms. The van der Waals surface area contributed by atoms with Crippen LogP contribution in [0.15, 0.2) is 76.0 Å². The second-order valence-corrected chi connectivity index (χ2v) is 9.35. The summed E-state index contributed by atoms with van der Waals surface area (Å²) in [7, 11) is 0. The summed E-state index contributed by atoms with van der Waals surface area (Å²) in [5.41, 5.74) is 4.24. The van der Waals surface area contributed by atoms with Gasteiger partial charge in [-0.15, -0.1) is 0 Å². The molecule has 5 nitrogen and oxygen atoms in total. The Balaban J connectivity index is 1.75. The molecule has 158 valence electrons. The third kappa shape index (κ3) is 2.96. The normalized spacial score (nSPS) is 26.3. The van der Waals surface area contributed by atoms with Gasteiger partial charge in [0.25, 0.3) is 0 Å². The fourth-order valence-electron chi connectivity index (χ4n) is 5.45. The Bertz CT molecular complexity index is 1180. The van der Waals surface area contributed by atoms with Crippen LogP contribution in [0.25, 0.3) is 11.1 Å². The number of ketones is 1. The van der Waals surface area contributed by atoms with E-state index in [0.29, 0.717) is 18.4 Å². The molecule has 31 heavy (non-hydrogen) atoms. The number of halogens is 1. The number of fused-ring (bicyclic) bond motifs is 1. The highest BCUT2D eigenvalue weighted by molar-refractivity contribution is 6.01. The lowest BCUT2D eigenvalue weighted by Gasteiger charge is -2.47. The molecule has 1 unspecified atom stereocenters. The van der Waals surface area contributed by atoms with Crippen LogP contribution in [-0.4, -0.2) is 16.9 Å². The fourth-order valence-corrected chi connectivity index (χ4v) is 5.45. The van der Waals surface area contributed by atoms with Gasteiger partial charge in [0.1, 0.15) is 5.82 Å². The summed E-state index contributed by atoms with van der Waals surface area (Å²) < 4.78 is 14.5. The molecule has 1 aromatic carbocycles. The summed E-state index contributed by atoms with van der Waals surface area (Å²) in [4.78, 5) is 17.4. The average molecular weight is 417 g/mol. The van der Waals surface area contributed by atoms with Gasteiger partial charge in [-0.25, -0.2) is 4.39 Å². The van der Waals surface area contributed by atoms with E-state index in [1.807, 2.05) is 24.3 Å². The van der Waals surface area contributed by atoms with Gasteiger partial charge in [0.15, 0.2) is 11.9 Å². The number of nitrogens with one attached hydrogen (secondary N) is 1. The number of rotatable bonds is 3. The molecule has 0 saturated heterocycles. The van der Waals surface area contributed by atoms with Crippen LogP contribution in [0.2, 0.25) is 0 Å². The van der Waals surface area contributed by atoms with Crippen molar-refractivity contribution < 1.29 is 9.18 Å². The third-order valence-electron chi connectivity index (χ3n) is 6.75. The lowest BCUT2D eigenvalue weighted by Crippen LogP contribution is -2.51. The van der Waals surface area contributed by atoms with E-state index >= 15 is 0 Å². The molecule has 6 heteroatoms. The first-order valence-electron chi connectivity index (χ1n) is 10.7. The van der Waals surface area contributed by atoms with Crippen LogP contribution >= 0.6 is 0 Å². The van der Waals surface area contributed by atoms with E-state index in [9.17, 15) is 9.18 Å². The number of hydrogen-bond donors (Lipinski definition) is 1. The van der Waals surface area contributed by atoms with E-state index < -0.39 is 5.41 Å². The van der Waals surface area contributed by atoms with Crippen molar-refractivity contribution in [2.24, 2.45) is 15.6 Å². The Morgan fingerprint density at radius 2 is 2.06 bits per heavy atom. The number of carbonyl (C=O) groups excluding carboxylic acids is 1. The third-order valence-corrected chi connectivity index (χ3v) is 6.75. The van der Waals surface area contributed by atoms with Crippen LogP contribution in [0.1, 0.15) is 45.6 Å². The monoisotopic (exact) mass is 416 g/mol. The molecule has 3 aliphatic rings. The molecular weight excluding hydrogens is 391 g/mol. The van der Waals surface area contributed by atoms with Crippen molar-refractivity contribution in [2.75, 3.05) is 0 Å². The van der Waals surface area contributed by atoms with E-state index in [1.54, 1.807) is 18.5 Å². The van der Waals surface area contributed by atoms with Gasteiger partial charge >= 0.3 is 0 Å². The van der Waals surface area contributed by atoms with Gasteiger partial charge < -0.3 is 5.32 Å². The van der Waals surface area contributed by atoms with Gasteiger partial charge in [-0.05, 0) is 41.5 Å². The Morgan fingerprint density at radius 1 is 1.23 bits per heavy atom. The predicted molar refractivity (Wildman–Crippen MR) is 117 cm³/mol. The molecule has 1 N–H and O–H groups in total. The number of allylic oxidation sites excluding steroid dienone is 2. The molecule has 0 fully saturated rings. The van der Waals surface area contributed by atoms with Crippen LogP contribution in [0, 0.1) is 11.2 Å². The Morgan fingerprint density at radius 3 is 2.84 bits per heavy atom. The average Bonchev–Trinajstić information content (AvgIpc) is 3.20. The highest BCUT2D eigenvalue weighted by Gasteiger charge is 2.52. The maximum absolute atomic E-state index is 14.5. The van der Waals surface area contributed by atoms with Crippen LogP contribution in [0.3, 0.4) is 0 Å². The van der Waals surface area contributed by atoms with Gasteiger partial charge in [0.05, 0.1) is 17.8 Å². The van der Waals surface area contributed by atoms with Gasteiger partial charge in [-0.3, -0.25) is 9.78 Å². The second kappa shape index (κ2) is 6.94. The number of hydrogen-bond acceptors (Lipinski definition) is 5. The summed E-state index contributed by atoms with van der Waals surface area (Å²) in [6.45, 7) is 6.34. The van der Waals surface area contributed by atoms with Gasteiger partial charge in [-0.2, -0.15) is 10.2 Å². The first-order valence-corrected chi connectivity index (χ1v) is 10.7. The molecule has 2 aromatic rings. The minimum Gasteiger partial charge on any atom is -0.362 e. The molecule has 1 aliphatic carbocycles. The topological polar surface area (TPSA) is 66.7 Å². The number of azo groups is 1. The largest absolute Gasteiger partial charge is 0.362 e. The molecule has 3 heterocycles. The molecule has 2 aliphatic heterocycles. The van der Waals surface area contributed by atoms with Crippen LogP contribution in [-0.2, 0) is 10.2 Å². The first kappa shape index (κ1) is 19.8. The number of carbonyl (C=O) groups is 1. The molecule has 0 radical (unpaired) electrons. The van der Waals surface area contributed by atoms with Gasteiger partial charge in [0, 0.05) is 35.0 Å². The smallest absolute Gasteiger partial charge is 0.164 e. The molecule has 0 saturated carbocycles. The molecule has 0 amide bonds. The summed E-state index contributed by atoms with van der Waals surface area (Å²) in [6, 6.07) is 9.53. The van der Waals surface area contributed by atoms with E-state index in [-0.39, 0.29) is 23.2 Å². The molecule has 2 atom stereocenters. The lowest BCUT2D eigenvalue weighted by molar-refractivity contribution is -0.119. The Hall–Kier alpha value is -3.15. The lowest BCUT2D eigenvalue weighted by atomic mass is 9.58. The predicted octanol–water partition coefficient (Wildman–Crippen LogP) is 5.46. The highest BCUT2D eigenvalue weighted by Crippen LogP contribution is 2.54. The van der Waals surface area contributed by atoms with Crippen molar-refractivity contribution in [3.8, 4) is 11.1 Å². The quantitative estimate of drug-likeness (QED) is 0.723. The Kier molecular flexibility index (Phi) is 4.43. The van der Waals surface area contributed by atoms with Gasteiger partial charge in [0.2, 0.25) is 0 Å². The van der Waals surface area contributed by atoms with Crippen LogP contribution < -0.4 is 5.32 Å². The Labute approximate surface area is 181 Å². The van der Waals surface area contributed by atoms with Crippen molar-refractivity contribution >= 4 is 5.78 Å². The number of Topliss-reactive ketones (excluding diaryl/α,β-unsaturated/α-hetero) is 1. The highest BCUT2D eigenvalue weighted by atomic mass is 19.1. The van der Waals surface area contributed by atoms with E-state index in [1.165, 1.54) is 6.20 Å². The molecular formula is C25H25FN4O. The van der Waals surface area contributed by atoms with E-state index in [4.69, 9.17) is 0 Å². The zero-order valence-corrected chi connectivity index (χ0v) is 17.9. The number of benzene rings is 1. The molecule has 5 rings (SSSR count). The summed E-state index contributed by atoms with van der Waals surface area (Å²) in [6.07, 6.45) is 6.30. The maximum Gasteiger partial charge on any atom is 0.164 e. The summed E-state index contributed by atoms with van der Waals surface area (Å²) >= 11 is 0. The van der Waals surface area contributed by atoms with Crippen LogP contribution in [0.4, 0.5) is 4.39 Å². The van der Waals surface area contributed by atoms with Crippen molar-refractivity contribution in [3.05, 3.63) is 77.1 Å². The SMILES string of the molecule is CC[C@@]1(c2cccc(-c3ccncc3F)c2)C2=CN=NC2NC2=C1C(=O)CC(C)(C)C2. The van der Waals surface area contributed by atoms with Crippen molar-refractivity contribution in [2.45, 2.75) is 51.6 Å². The number of pyridine rings is 1. The summed E-state index contributed by atoms with van der Waals surface area (Å²) in [5.74, 6) is -0.207. The minimum atomic E-state index is -0.637. The number of aromatic nitrogens is 1. The molecule has 0 bridgehead atoms. The maximum atomic E-state index is 14.5. The van der Waals surface area contributed by atoms with Gasteiger partial charge in [-0.1, -0.05) is 39.0 Å². The summed E-state index contributed by atoms with van der Waals surface area (Å²) in [5, 5.41) is 12.1. The number of nitrogens with zero attached hydrogens (tertiary/aromatic N) is 3. The van der Waals surface area contributed by atoms with Crippen molar-refractivity contribution in [3.63, 3.8) is 0 Å². The molecule has 1 aromatic heterocycles. The zero-order valence-electron chi connectivity index (χ0n) is 17.9. The standard InChI is InChI=1S/C25H25FN4O/c1-4-25(16-7-5-6-15(10-16)17-8-9-27-14-19(17)26)18-13-28-30-23(18)29-20-11-24(2,3)12-21(31)22(20)25/h5-10,13-14,23,29H,4,11-12H2,1-3H3/t23?,25-/m1/s1. The van der Waals surface area contributed by atoms with E-state index in [0.717, 1.165) is 34.4 Å². The first-order chi connectivity index (χ1) is 14.9. The van der Waals surface area contributed by atoms with E-state index in [2.05, 4.69) is 41.3 Å². The van der Waals surface area contributed by atoms with Crippen LogP contribution in [0.5, 0.6) is 0 Å². The minimum absolute atomic E-state index is 0.110. The zero-order chi connectivity index (χ0) is 21.8. The fraction of sp³-hybridized carbons (Fsp3) is 0.360. The second-order valence-electron chi connectivity index (χ2n) is 9.35. The van der Waals surface area contributed by atoms with Crippen molar-refractivity contribution in [1.29, 1.82) is 0 Å². The van der Waals surface area contributed by atoms with Crippen molar-refractivity contribution in [1.82, 2.24) is 10.3 Å².